The lowest BCUT2D eigenvalue weighted by molar-refractivity contribution is 0.0524. The Hall–Kier alpha value is -2.80. The molecule has 0 aliphatic carbocycles. The number of rotatable bonds is 7. The van der Waals surface area contributed by atoms with Crippen molar-refractivity contribution in [3.05, 3.63) is 61.8 Å². The zero-order chi connectivity index (χ0) is 21.0. The lowest BCUT2D eigenvalue weighted by Gasteiger charge is -2.12. The van der Waals surface area contributed by atoms with Gasteiger partial charge in [-0.15, -0.1) is 11.3 Å². The van der Waals surface area contributed by atoms with Crippen molar-refractivity contribution in [1.82, 2.24) is 9.55 Å². The first kappa shape index (κ1) is 20.9. The number of hydrogen-bond acceptors (Lipinski definition) is 5. The van der Waals surface area contributed by atoms with Crippen LogP contribution < -0.4 is 5.43 Å². The van der Waals surface area contributed by atoms with Gasteiger partial charge in [0, 0.05) is 17.0 Å². The Balaban J connectivity index is 2.02. The predicted octanol–water partition coefficient (Wildman–Crippen LogP) is 4.90. The van der Waals surface area contributed by atoms with Crippen molar-refractivity contribution in [2.45, 2.75) is 33.2 Å². The van der Waals surface area contributed by atoms with Crippen LogP contribution in [0.5, 0.6) is 0 Å². The number of fused-ring (bicyclic) bond motifs is 1. The highest BCUT2D eigenvalue weighted by atomic mass is 32.1. The molecule has 7 heteroatoms. The second-order valence-electron chi connectivity index (χ2n) is 6.85. The molecule has 2 aromatic heterocycles. The van der Waals surface area contributed by atoms with E-state index in [2.05, 4.69) is 18.8 Å². The average molecular weight is 415 g/mol. The fourth-order valence-electron chi connectivity index (χ4n) is 2.95. The number of aryl methyl sites for hydroxylation is 1. The van der Waals surface area contributed by atoms with Gasteiger partial charge < -0.3 is 9.30 Å². The Morgan fingerprint density at radius 3 is 2.79 bits per heavy atom. The Morgan fingerprint density at radius 2 is 2.14 bits per heavy atom. The summed E-state index contributed by atoms with van der Waals surface area (Å²) in [6.45, 7) is 5.46. The molecule has 0 bridgehead atoms. The Labute approximate surface area is 172 Å². The molecule has 152 valence electrons. The average Bonchev–Trinajstić information content (AvgIpc) is 3.18. The number of alkyl halides is 1. The number of aromatic nitrogens is 2. The summed E-state index contributed by atoms with van der Waals surface area (Å²) in [7, 11) is 0. The number of benzene rings is 1. The Bertz CT molecular complexity index is 1110. The predicted molar refractivity (Wildman–Crippen MR) is 115 cm³/mol. The number of hydrogen-bond donors (Lipinski definition) is 0. The summed E-state index contributed by atoms with van der Waals surface area (Å²) in [5.41, 5.74) is 1.99. The van der Waals surface area contributed by atoms with Gasteiger partial charge in [-0.3, -0.25) is 4.79 Å². The monoisotopic (exact) mass is 414 g/mol. The third-order valence-electron chi connectivity index (χ3n) is 4.48. The molecular formula is C22H23FN2O3S. The fourth-order valence-corrected chi connectivity index (χ4v) is 3.82. The van der Waals surface area contributed by atoms with Crippen molar-refractivity contribution in [2.24, 2.45) is 0 Å². The van der Waals surface area contributed by atoms with Gasteiger partial charge in [0.05, 0.1) is 24.4 Å². The van der Waals surface area contributed by atoms with Gasteiger partial charge in [0.2, 0.25) is 5.43 Å². The van der Waals surface area contributed by atoms with E-state index in [0.29, 0.717) is 16.8 Å². The lowest BCUT2D eigenvalue weighted by Crippen LogP contribution is -2.21. The largest absolute Gasteiger partial charge is 0.462 e. The number of carbonyl (C=O) groups excluding carboxylic acids is 1. The summed E-state index contributed by atoms with van der Waals surface area (Å²) in [4.78, 5) is 29.4. The minimum Gasteiger partial charge on any atom is -0.462 e. The molecule has 0 spiro atoms. The van der Waals surface area contributed by atoms with Crippen LogP contribution in [0.3, 0.4) is 0 Å². The summed E-state index contributed by atoms with van der Waals surface area (Å²) in [5.74, 6) is -0.321. The number of pyridine rings is 1. The second-order valence-corrected chi connectivity index (χ2v) is 7.74. The molecule has 0 saturated carbocycles. The summed E-state index contributed by atoms with van der Waals surface area (Å²) >= 11 is 1.57. The van der Waals surface area contributed by atoms with Crippen molar-refractivity contribution in [1.29, 1.82) is 0 Å². The van der Waals surface area contributed by atoms with Crippen LogP contribution >= 0.6 is 11.3 Å². The van der Waals surface area contributed by atoms with Crippen molar-refractivity contribution in [3.8, 4) is 0 Å². The van der Waals surface area contributed by atoms with E-state index >= 15 is 0 Å². The topological polar surface area (TPSA) is 61.2 Å². The molecule has 0 aliphatic heterocycles. The molecule has 3 rings (SSSR count). The van der Waals surface area contributed by atoms with Gasteiger partial charge in [0.15, 0.2) is 0 Å². The smallest absolute Gasteiger partial charge is 0.343 e. The summed E-state index contributed by atoms with van der Waals surface area (Å²) in [6.07, 6.45) is 5.21. The molecule has 0 saturated heterocycles. The quantitative estimate of drug-likeness (QED) is 0.516. The van der Waals surface area contributed by atoms with Crippen molar-refractivity contribution in [3.63, 3.8) is 0 Å². The van der Waals surface area contributed by atoms with Crippen molar-refractivity contribution < 1.29 is 13.9 Å². The van der Waals surface area contributed by atoms with E-state index in [0.717, 1.165) is 16.3 Å². The SMILES string of the molecule is CCOC(=O)c1cn(CCF)c2cc(/C=C/c3nc(C(C)C)cs3)ccc2c1=O. The molecule has 0 aliphatic rings. The Morgan fingerprint density at radius 1 is 1.34 bits per heavy atom. The van der Waals surface area contributed by atoms with E-state index in [1.54, 1.807) is 35.0 Å². The van der Waals surface area contributed by atoms with Crippen LogP contribution in [0.15, 0.2) is 34.6 Å². The number of esters is 1. The first-order valence-electron chi connectivity index (χ1n) is 9.48. The number of carbonyl (C=O) groups is 1. The van der Waals surface area contributed by atoms with Gasteiger partial charge in [0.1, 0.15) is 17.2 Å². The molecule has 0 fully saturated rings. The second kappa shape index (κ2) is 9.13. The van der Waals surface area contributed by atoms with Crippen molar-refractivity contribution >= 4 is 40.4 Å². The molecule has 0 radical (unpaired) electrons. The number of nitrogens with zero attached hydrogens (tertiary/aromatic N) is 2. The zero-order valence-electron chi connectivity index (χ0n) is 16.6. The molecular weight excluding hydrogens is 391 g/mol. The number of thiazole rings is 1. The molecule has 0 N–H and O–H groups in total. The summed E-state index contributed by atoms with van der Waals surface area (Å²) in [5, 5.41) is 3.30. The maximum absolute atomic E-state index is 13.1. The molecule has 0 atom stereocenters. The van der Waals surface area contributed by atoms with Crippen LogP contribution in [0.2, 0.25) is 0 Å². The van der Waals surface area contributed by atoms with Gasteiger partial charge in [-0.25, -0.2) is 14.2 Å². The third-order valence-corrected chi connectivity index (χ3v) is 5.30. The molecule has 3 aromatic rings. The highest BCUT2D eigenvalue weighted by Gasteiger charge is 2.16. The first-order valence-corrected chi connectivity index (χ1v) is 10.4. The van der Waals surface area contributed by atoms with Crippen LogP contribution in [0.25, 0.3) is 23.1 Å². The van der Waals surface area contributed by atoms with Gasteiger partial charge in [-0.05, 0) is 36.6 Å². The van der Waals surface area contributed by atoms with E-state index in [9.17, 15) is 14.0 Å². The molecule has 29 heavy (non-hydrogen) atoms. The minimum absolute atomic E-state index is 0.0422. The molecule has 0 amide bonds. The van der Waals surface area contributed by atoms with E-state index in [4.69, 9.17) is 4.74 Å². The standard InChI is InChI=1S/C22H23FN2O3S/c1-4-28-22(27)17-12-25(10-9-23)19-11-15(5-7-16(19)21(17)26)6-8-20-24-18(13-29-20)14(2)3/h5-8,11-14H,4,9-10H2,1-3H3/b8-6+. The van der Waals surface area contributed by atoms with Crippen molar-refractivity contribution in [2.75, 3.05) is 13.3 Å². The van der Waals surface area contributed by atoms with Crippen LogP contribution in [0.1, 0.15) is 53.3 Å². The number of halogens is 1. The van der Waals surface area contributed by atoms with Gasteiger partial charge in [0.25, 0.3) is 0 Å². The van der Waals surface area contributed by atoms with E-state index in [-0.39, 0.29) is 18.7 Å². The van der Waals surface area contributed by atoms with Crippen LogP contribution in [-0.4, -0.2) is 28.8 Å². The maximum atomic E-state index is 13.1. The minimum atomic E-state index is -0.694. The normalized spacial score (nSPS) is 11.6. The summed E-state index contributed by atoms with van der Waals surface area (Å²) < 4.78 is 19.6. The highest BCUT2D eigenvalue weighted by Crippen LogP contribution is 2.21. The summed E-state index contributed by atoms with van der Waals surface area (Å²) in [6, 6.07) is 5.27. The van der Waals surface area contributed by atoms with Gasteiger partial charge in [-0.1, -0.05) is 26.0 Å². The third kappa shape index (κ3) is 4.62. The van der Waals surface area contributed by atoms with E-state index in [1.165, 1.54) is 6.20 Å². The number of ether oxygens (including phenoxy) is 1. The van der Waals surface area contributed by atoms with E-state index < -0.39 is 18.1 Å². The molecule has 1 aromatic carbocycles. The molecule has 2 heterocycles. The fraction of sp³-hybridized carbons (Fsp3) is 0.318. The lowest BCUT2D eigenvalue weighted by atomic mass is 10.1. The highest BCUT2D eigenvalue weighted by molar-refractivity contribution is 7.10. The zero-order valence-corrected chi connectivity index (χ0v) is 17.5. The van der Waals surface area contributed by atoms with Crippen LogP contribution in [0.4, 0.5) is 4.39 Å². The molecule has 5 nitrogen and oxygen atoms in total. The Kier molecular flexibility index (Phi) is 6.59. The maximum Gasteiger partial charge on any atom is 0.343 e. The van der Waals surface area contributed by atoms with E-state index in [1.807, 2.05) is 23.6 Å². The molecule has 0 unspecified atom stereocenters. The van der Waals surface area contributed by atoms with Gasteiger partial charge >= 0.3 is 5.97 Å². The van der Waals surface area contributed by atoms with Crippen LogP contribution in [-0.2, 0) is 11.3 Å². The first-order chi connectivity index (χ1) is 13.9. The van der Waals surface area contributed by atoms with Crippen LogP contribution in [0, 0.1) is 0 Å². The van der Waals surface area contributed by atoms with Gasteiger partial charge in [-0.2, -0.15) is 0 Å².